The van der Waals surface area contributed by atoms with Gasteiger partial charge in [0.25, 0.3) is 5.91 Å². The third kappa shape index (κ3) is 4.83. The van der Waals surface area contributed by atoms with Gasteiger partial charge < -0.3 is 4.90 Å². The first kappa shape index (κ1) is 23.5. The summed E-state index contributed by atoms with van der Waals surface area (Å²) in [5.41, 5.74) is 1.99. The Bertz CT molecular complexity index is 1240. The second kappa shape index (κ2) is 9.66. The lowest BCUT2D eigenvalue weighted by atomic mass is 10.2. The molecule has 3 aromatic rings. The number of nitrogens with zero attached hydrogens (tertiary/aromatic N) is 4. The van der Waals surface area contributed by atoms with Gasteiger partial charge in [0.1, 0.15) is 11.5 Å². The van der Waals surface area contributed by atoms with E-state index in [1.54, 1.807) is 45.9 Å². The quantitative estimate of drug-likeness (QED) is 0.513. The second-order valence-electron chi connectivity index (χ2n) is 7.80. The van der Waals surface area contributed by atoms with Crippen molar-refractivity contribution in [1.82, 2.24) is 18.8 Å². The van der Waals surface area contributed by atoms with Crippen LogP contribution in [0.3, 0.4) is 0 Å². The van der Waals surface area contributed by atoms with Crippen molar-refractivity contribution < 1.29 is 17.6 Å². The van der Waals surface area contributed by atoms with E-state index in [9.17, 15) is 17.6 Å². The van der Waals surface area contributed by atoms with Gasteiger partial charge in [-0.25, -0.2) is 17.8 Å². The predicted molar refractivity (Wildman–Crippen MR) is 126 cm³/mol. The molecule has 0 N–H and O–H groups in total. The zero-order chi connectivity index (χ0) is 23.6. The second-order valence-corrected chi connectivity index (χ2v) is 10.5. The van der Waals surface area contributed by atoms with Crippen molar-refractivity contribution in [3.05, 3.63) is 71.8 Å². The molecule has 1 amide bonds. The smallest absolute Gasteiger partial charge is 0.272 e. The SMILES string of the molecule is CSc1ncc(C(=O)N2CCCN(S(=O)(=O)c3ccc(C)cc3)CC2)n1-c1ccc(F)cc1. The molecule has 0 saturated carbocycles. The van der Waals surface area contributed by atoms with Gasteiger partial charge in [0.15, 0.2) is 5.16 Å². The van der Waals surface area contributed by atoms with Crippen LogP contribution in [0.5, 0.6) is 0 Å². The molecule has 33 heavy (non-hydrogen) atoms. The monoisotopic (exact) mass is 488 g/mol. The van der Waals surface area contributed by atoms with E-state index in [4.69, 9.17) is 0 Å². The molecular formula is C23H25FN4O3S2. The van der Waals surface area contributed by atoms with Crippen LogP contribution in [-0.2, 0) is 10.0 Å². The maximum absolute atomic E-state index is 13.4. The molecule has 2 heterocycles. The first-order valence-electron chi connectivity index (χ1n) is 10.5. The van der Waals surface area contributed by atoms with Crippen molar-refractivity contribution in [2.45, 2.75) is 23.4 Å². The molecule has 7 nitrogen and oxygen atoms in total. The van der Waals surface area contributed by atoms with Crippen LogP contribution in [0.2, 0.25) is 0 Å². The van der Waals surface area contributed by atoms with Crippen LogP contribution >= 0.6 is 11.8 Å². The molecule has 174 valence electrons. The number of carbonyl (C=O) groups is 1. The Kier molecular flexibility index (Phi) is 6.87. The zero-order valence-corrected chi connectivity index (χ0v) is 20.1. The lowest BCUT2D eigenvalue weighted by Gasteiger charge is -2.22. The first-order valence-corrected chi connectivity index (χ1v) is 13.2. The number of hydrogen-bond acceptors (Lipinski definition) is 5. The van der Waals surface area contributed by atoms with E-state index in [2.05, 4.69) is 4.98 Å². The fourth-order valence-corrected chi connectivity index (χ4v) is 5.84. The van der Waals surface area contributed by atoms with Crippen molar-refractivity contribution in [3.8, 4) is 5.69 Å². The van der Waals surface area contributed by atoms with Crippen molar-refractivity contribution in [3.63, 3.8) is 0 Å². The number of aromatic nitrogens is 2. The fraction of sp³-hybridized carbons (Fsp3) is 0.304. The van der Waals surface area contributed by atoms with Crippen LogP contribution in [0.1, 0.15) is 22.5 Å². The number of hydrogen-bond donors (Lipinski definition) is 0. The third-order valence-corrected chi connectivity index (χ3v) is 8.18. The van der Waals surface area contributed by atoms with Crippen LogP contribution in [0.15, 0.2) is 64.8 Å². The Morgan fingerprint density at radius 2 is 1.70 bits per heavy atom. The summed E-state index contributed by atoms with van der Waals surface area (Å²) in [7, 11) is -3.63. The van der Waals surface area contributed by atoms with E-state index in [1.165, 1.54) is 34.4 Å². The maximum Gasteiger partial charge on any atom is 0.272 e. The molecule has 1 aliphatic rings. The Balaban J connectivity index is 1.56. The van der Waals surface area contributed by atoms with E-state index in [0.29, 0.717) is 36.0 Å². The summed E-state index contributed by atoms with van der Waals surface area (Å²) in [6.45, 7) is 3.16. The van der Waals surface area contributed by atoms with Crippen LogP contribution in [-0.4, -0.2) is 65.5 Å². The Morgan fingerprint density at radius 1 is 1.00 bits per heavy atom. The number of sulfonamides is 1. The van der Waals surface area contributed by atoms with Crippen LogP contribution in [0, 0.1) is 12.7 Å². The van der Waals surface area contributed by atoms with Gasteiger partial charge in [-0.05, 0) is 56.0 Å². The van der Waals surface area contributed by atoms with Gasteiger partial charge in [-0.2, -0.15) is 4.31 Å². The zero-order valence-electron chi connectivity index (χ0n) is 18.4. The summed E-state index contributed by atoms with van der Waals surface area (Å²) in [6, 6.07) is 12.7. The number of thioether (sulfide) groups is 1. The van der Waals surface area contributed by atoms with Gasteiger partial charge in [-0.15, -0.1) is 0 Å². The van der Waals surface area contributed by atoms with Gasteiger partial charge in [-0.1, -0.05) is 29.5 Å². The van der Waals surface area contributed by atoms with Crippen molar-refractivity contribution in [2.24, 2.45) is 0 Å². The largest absolute Gasteiger partial charge is 0.336 e. The molecule has 0 bridgehead atoms. The molecule has 0 radical (unpaired) electrons. The molecular weight excluding hydrogens is 463 g/mol. The highest BCUT2D eigenvalue weighted by Gasteiger charge is 2.30. The Hall–Kier alpha value is -2.69. The van der Waals surface area contributed by atoms with Gasteiger partial charge in [-0.3, -0.25) is 9.36 Å². The summed E-state index contributed by atoms with van der Waals surface area (Å²) < 4.78 is 42.7. The van der Waals surface area contributed by atoms with E-state index in [1.807, 2.05) is 13.2 Å². The van der Waals surface area contributed by atoms with Gasteiger partial charge in [0.05, 0.1) is 11.1 Å². The summed E-state index contributed by atoms with van der Waals surface area (Å²) >= 11 is 1.39. The van der Waals surface area contributed by atoms with E-state index < -0.39 is 10.0 Å². The summed E-state index contributed by atoms with van der Waals surface area (Å²) in [6.07, 6.45) is 3.90. The molecule has 0 unspecified atom stereocenters. The van der Waals surface area contributed by atoms with E-state index in [0.717, 1.165) is 5.56 Å². The number of carbonyl (C=O) groups excluding carboxylic acids is 1. The lowest BCUT2D eigenvalue weighted by molar-refractivity contribution is 0.0755. The van der Waals surface area contributed by atoms with Crippen LogP contribution in [0.4, 0.5) is 4.39 Å². The molecule has 0 atom stereocenters. The average Bonchev–Trinajstić information content (AvgIpc) is 3.07. The molecule has 4 rings (SSSR count). The fourth-order valence-electron chi connectivity index (χ4n) is 3.83. The van der Waals surface area contributed by atoms with E-state index in [-0.39, 0.29) is 29.7 Å². The van der Waals surface area contributed by atoms with Crippen LogP contribution < -0.4 is 0 Å². The topological polar surface area (TPSA) is 75.5 Å². The number of imidazole rings is 1. The molecule has 1 fully saturated rings. The number of aryl methyl sites for hydroxylation is 1. The number of benzene rings is 2. The molecule has 1 saturated heterocycles. The minimum Gasteiger partial charge on any atom is -0.336 e. The minimum atomic E-state index is -3.63. The first-order chi connectivity index (χ1) is 15.8. The predicted octanol–water partition coefficient (Wildman–Crippen LogP) is 3.58. The minimum absolute atomic E-state index is 0.210. The van der Waals surface area contributed by atoms with Crippen molar-refractivity contribution in [2.75, 3.05) is 32.4 Å². The Morgan fingerprint density at radius 3 is 2.36 bits per heavy atom. The number of rotatable bonds is 5. The molecule has 0 aliphatic carbocycles. The average molecular weight is 489 g/mol. The number of amides is 1. The highest BCUT2D eigenvalue weighted by atomic mass is 32.2. The lowest BCUT2D eigenvalue weighted by Crippen LogP contribution is -2.38. The van der Waals surface area contributed by atoms with Gasteiger partial charge in [0, 0.05) is 31.9 Å². The standard InChI is InChI=1S/C23H25FN4O3S2/c1-17-4-10-20(11-5-17)33(30,31)27-13-3-12-26(14-15-27)22(29)21-16-25-23(32-2)28(21)19-8-6-18(24)7-9-19/h4-11,16H,3,12-15H2,1-2H3. The molecule has 10 heteroatoms. The third-order valence-electron chi connectivity index (χ3n) is 5.62. The van der Waals surface area contributed by atoms with Crippen molar-refractivity contribution in [1.29, 1.82) is 0 Å². The molecule has 1 aromatic heterocycles. The summed E-state index contributed by atoms with van der Waals surface area (Å²) in [5.74, 6) is -0.596. The van der Waals surface area contributed by atoms with E-state index >= 15 is 0 Å². The molecule has 0 spiro atoms. The normalized spacial score (nSPS) is 15.4. The van der Waals surface area contributed by atoms with Gasteiger partial charge >= 0.3 is 0 Å². The maximum atomic E-state index is 13.4. The van der Waals surface area contributed by atoms with Crippen molar-refractivity contribution >= 4 is 27.7 Å². The van der Waals surface area contributed by atoms with Gasteiger partial charge in [0.2, 0.25) is 10.0 Å². The number of halogens is 1. The summed E-state index contributed by atoms with van der Waals surface area (Å²) in [4.78, 5) is 19.7. The Labute approximate surface area is 197 Å². The highest BCUT2D eigenvalue weighted by molar-refractivity contribution is 7.98. The summed E-state index contributed by atoms with van der Waals surface area (Å²) in [5, 5.41) is 0.614. The molecule has 1 aliphatic heterocycles. The molecule has 2 aromatic carbocycles. The van der Waals surface area contributed by atoms with Crippen LogP contribution in [0.25, 0.3) is 5.69 Å². The highest BCUT2D eigenvalue weighted by Crippen LogP contribution is 2.24.